The highest BCUT2D eigenvalue weighted by molar-refractivity contribution is 5.95. The molecule has 0 aromatic carbocycles. The maximum Gasteiger partial charge on any atom is 0.417 e. The van der Waals surface area contributed by atoms with Crippen molar-refractivity contribution >= 4 is 12.1 Å². The molecule has 0 saturated carbocycles. The number of nitrogens with zero attached hydrogens (tertiary/aromatic N) is 4. The van der Waals surface area contributed by atoms with Crippen molar-refractivity contribution in [2.24, 2.45) is 11.0 Å². The quantitative estimate of drug-likeness (QED) is 0.559. The molecule has 2 aliphatic rings. The molecule has 0 aromatic heterocycles. The molecule has 0 bridgehead atoms. The van der Waals surface area contributed by atoms with Gasteiger partial charge >= 0.3 is 6.09 Å². The summed E-state index contributed by atoms with van der Waals surface area (Å²) in [6.45, 7) is 9.75. The van der Waals surface area contributed by atoms with E-state index in [1.165, 1.54) is 4.90 Å². The Morgan fingerprint density at radius 1 is 1.54 bits per heavy atom. The molecule has 2 rings (SSSR count). The van der Waals surface area contributed by atoms with Gasteiger partial charge in [0.15, 0.2) is 5.03 Å². The fourth-order valence-electron chi connectivity index (χ4n) is 3.03. The van der Waals surface area contributed by atoms with Crippen LogP contribution in [0, 0.1) is 16.0 Å². The van der Waals surface area contributed by atoms with Gasteiger partial charge in [0.1, 0.15) is 11.2 Å². The molecule has 1 amide bonds. The summed E-state index contributed by atoms with van der Waals surface area (Å²) in [6.07, 6.45) is 0.717. The zero-order chi connectivity index (χ0) is 17.9. The molecule has 2 atom stereocenters. The van der Waals surface area contributed by atoms with E-state index in [-0.39, 0.29) is 23.6 Å². The molecular formula is C15H26N4O5. The highest BCUT2D eigenvalue weighted by atomic mass is 16.7. The molecule has 2 saturated heterocycles. The Hall–Kier alpha value is -1.90. The molecule has 0 spiro atoms. The third-order valence-corrected chi connectivity index (χ3v) is 4.35. The molecule has 2 heterocycles. The first-order chi connectivity index (χ1) is 11.2. The fraction of sp³-hybridized carbons (Fsp3) is 0.867. The van der Waals surface area contributed by atoms with Crippen LogP contribution in [0.4, 0.5) is 4.79 Å². The van der Waals surface area contributed by atoms with Crippen LogP contribution in [0.3, 0.4) is 0 Å². The van der Waals surface area contributed by atoms with Crippen molar-refractivity contribution < 1.29 is 19.3 Å². The average molecular weight is 342 g/mol. The number of amides is 1. The van der Waals surface area contributed by atoms with E-state index in [1.54, 1.807) is 11.8 Å². The first-order valence-electron chi connectivity index (χ1n) is 8.32. The van der Waals surface area contributed by atoms with Crippen LogP contribution in [0.25, 0.3) is 0 Å². The number of nitro groups is 1. The Kier molecular flexibility index (Phi) is 5.63. The van der Waals surface area contributed by atoms with Crippen molar-refractivity contribution in [1.29, 1.82) is 0 Å². The number of rotatable bonds is 5. The van der Waals surface area contributed by atoms with Gasteiger partial charge in [-0.25, -0.2) is 19.8 Å². The number of guanidine groups is 1. The van der Waals surface area contributed by atoms with Gasteiger partial charge in [0.2, 0.25) is 0 Å². The molecule has 0 aromatic rings. The minimum Gasteiger partial charge on any atom is -0.446 e. The molecule has 9 heteroatoms. The smallest absolute Gasteiger partial charge is 0.417 e. The summed E-state index contributed by atoms with van der Waals surface area (Å²) >= 11 is 0. The highest BCUT2D eigenvalue weighted by Crippen LogP contribution is 2.30. The van der Waals surface area contributed by atoms with Crippen molar-refractivity contribution in [3.05, 3.63) is 10.1 Å². The molecular weight excluding hydrogens is 316 g/mol. The van der Waals surface area contributed by atoms with Crippen molar-refractivity contribution in [1.82, 2.24) is 9.80 Å². The number of hydrogen-bond acceptors (Lipinski definition) is 5. The lowest BCUT2D eigenvalue weighted by molar-refractivity contribution is -0.486. The van der Waals surface area contributed by atoms with Gasteiger partial charge in [-0.2, -0.15) is 0 Å². The summed E-state index contributed by atoms with van der Waals surface area (Å²) in [5, 5.41) is 13.5. The lowest BCUT2D eigenvalue weighted by Gasteiger charge is -2.23. The minimum absolute atomic E-state index is 0.0537. The standard InChI is InChI=1S/C15H26N4O5/c1-5-11(2)24-14(20)18-7-6-17(13(18)16-19(21)22)9-12-8-15(3,4)23-10-12/h11-12H,5-10H2,1-4H3. The van der Waals surface area contributed by atoms with Crippen LogP contribution in [-0.2, 0) is 9.47 Å². The molecule has 2 fully saturated rings. The Morgan fingerprint density at radius 3 is 2.79 bits per heavy atom. The van der Waals surface area contributed by atoms with Crippen LogP contribution in [-0.4, -0.2) is 64.8 Å². The van der Waals surface area contributed by atoms with Gasteiger partial charge in [-0.15, -0.1) is 0 Å². The van der Waals surface area contributed by atoms with Crippen molar-refractivity contribution in [3.8, 4) is 0 Å². The highest BCUT2D eigenvalue weighted by Gasteiger charge is 2.39. The Labute approximate surface area is 141 Å². The first-order valence-corrected chi connectivity index (χ1v) is 8.32. The number of hydrogen-bond donors (Lipinski definition) is 0. The van der Waals surface area contributed by atoms with E-state index in [2.05, 4.69) is 5.10 Å². The number of carbonyl (C=O) groups is 1. The lowest BCUT2D eigenvalue weighted by atomic mass is 9.97. The molecule has 2 aliphatic heterocycles. The Morgan fingerprint density at radius 2 is 2.25 bits per heavy atom. The molecule has 2 unspecified atom stereocenters. The van der Waals surface area contributed by atoms with E-state index in [0.717, 1.165) is 6.42 Å². The van der Waals surface area contributed by atoms with Gasteiger partial charge < -0.3 is 14.4 Å². The second kappa shape index (κ2) is 7.33. The average Bonchev–Trinajstić information content (AvgIpc) is 3.02. The molecule has 136 valence electrons. The summed E-state index contributed by atoms with van der Waals surface area (Å²) in [6, 6.07) is 0. The van der Waals surface area contributed by atoms with Crippen molar-refractivity contribution in [3.63, 3.8) is 0 Å². The van der Waals surface area contributed by atoms with Crippen LogP contribution in [0.1, 0.15) is 40.5 Å². The third kappa shape index (κ3) is 4.56. The van der Waals surface area contributed by atoms with Gasteiger partial charge in [-0.05, 0) is 33.6 Å². The van der Waals surface area contributed by atoms with Crippen LogP contribution in [0.15, 0.2) is 5.10 Å². The van der Waals surface area contributed by atoms with Gasteiger partial charge in [0.25, 0.3) is 5.96 Å². The summed E-state index contributed by atoms with van der Waals surface area (Å²) in [5.74, 6) is 0.306. The summed E-state index contributed by atoms with van der Waals surface area (Å²) < 4.78 is 11.0. The van der Waals surface area contributed by atoms with Crippen molar-refractivity contribution in [2.45, 2.75) is 52.2 Å². The molecule has 24 heavy (non-hydrogen) atoms. The Bertz CT molecular complexity index is 522. The summed E-state index contributed by atoms with van der Waals surface area (Å²) in [5.41, 5.74) is -0.181. The largest absolute Gasteiger partial charge is 0.446 e. The molecule has 0 N–H and O–H groups in total. The van der Waals surface area contributed by atoms with E-state index < -0.39 is 11.1 Å². The molecule has 0 aliphatic carbocycles. The van der Waals surface area contributed by atoms with E-state index in [9.17, 15) is 14.9 Å². The number of hydrazone groups is 1. The van der Waals surface area contributed by atoms with Crippen LogP contribution < -0.4 is 0 Å². The minimum atomic E-state index is -0.772. The monoisotopic (exact) mass is 342 g/mol. The number of ether oxygens (including phenoxy) is 2. The first kappa shape index (κ1) is 18.4. The van der Waals surface area contributed by atoms with E-state index >= 15 is 0 Å². The second-order valence-corrected chi connectivity index (χ2v) is 6.98. The van der Waals surface area contributed by atoms with E-state index in [1.807, 2.05) is 20.8 Å². The van der Waals surface area contributed by atoms with E-state index in [0.29, 0.717) is 32.7 Å². The number of carbonyl (C=O) groups excluding carboxylic acids is 1. The molecule has 9 nitrogen and oxygen atoms in total. The second-order valence-electron chi connectivity index (χ2n) is 6.98. The van der Waals surface area contributed by atoms with Crippen LogP contribution in [0.2, 0.25) is 0 Å². The van der Waals surface area contributed by atoms with Gasteiger partial charge in [0, 0.05) is 19.0 Å². The van der Waals surface area contributed by atoms with Gasteiger partial charge in [-0.3, -0.25) is 0 Å². The summed E-state index contributed by atoms with van der Waals surface area (Å²) in [4.78, 5) is 26.1. The van der Waals surface area contributed by atoms with Crippen LogP contribution in [0.5, 0.6) is 0 Å². The van der Waals surface area contributed by atoms with Crippen LogP contribution >= 0.6 is 0 Å². The SMILES string of the molecule is CCC(C)OC(=O)N1CCN(CC2COC(C)(C)C2)C1=N[N+](=O)[O-]. The van der Waals surface area contributed by atoms with Gasteiger partial charge in [-0.1, -0.05) is 6.92 Å². The summed E-state index contributed by atoms with van der Waals surface area (Å²) in [7, 11) is 0. The third-order valence-electron chi connectivity index (χ3n) is 4.35. The maximum atomic E-state index is 12.2. The molecule has 0 radical (unpaired) electrons. The fourth-order valence-corrected chi connectivity index (χ4v) is 3.03. The predicted octanol–water partition coefficient (Wildman–Crippen LogP) is 1.90. The van der Waals surface area contributed by atoms with Gasteiger partial charge in [0.05, 0.1) is 18.8 Å². The Balaban J connectivity index is 2.07. The predicted molar refractivity (Wildman–Crippen MR) is 87.1 cm³/mol. The van der Waals surface area contributed by atoms with E-state index in [4.69, 9.17) is 9.47 Å². The normalized spacial score (nSPS) is 26.0. The zero-order valence-corrected chi connectivity index (χ0v) is 14.7. The lowest BCUT2D eigenvalue weighted by Crippen LogP contribution is -2.41. The maximum absolute atomic E-state index is 12.2. The topological polar surface area (TPSA) is 97.5 Å². The zero-order valence-electron chi connectivity index (χ0n) is 14.7. The van der Waals surface area contributed by atoms with Crippen molar-refractivity contribution in [2.75, 3.05) is 26.2 Å².